The lowest BCUT2D eigenvalue weighted by molar-refractivity contribution is -0.123. The van der Waals surface area contributed by atoms with E-state index in [0.29, 0.717) is 24.8 Å². The van der Waals surface area contributed by atoms with Gasteiger partial charge in [0.1, 0.15) is 5.75 Å². The number of halogens is 1. The summed E-state index contributed by atoms with van der Waals surface area (Å²) in [5, 5.41) is 3.72. The number of rotatable bonds is 7. The molecule has 1 atom stereocenters. The zero-order valence-corrected chi connectivity index (χ0v) is 17.2. The second kappa shape index (κ2) is 9.92. The van der Waals surface area contributed by atoms with Gasteiger partial charge in [-0.25, -0.2) is 0 Å². The molecule has 0 unspecified atom stereocenters. The van der Waals surface area contributed by atoms with Gasteiger partial charge in [-0.05, 0) is 36.6 Å². The number of carbonyl (C=O) groups is 1. The van der Waals surface area contributed by atoms with Crippen LogP contribution in [0.2, 0.25) is 5.02 Å². The van der Waals surface area contributed by atoms with Crippen molar-refractivity contribution in [3.63, 3.8) is 0 Å². The number of carbonyl (C=O) groups excluding carboxylic acids is 1. The van der Waals surface area contributed by atoms with E-state index in [9.17, 15) is 4.79 Å². The molecule has 1 aliphatic rings. The number of hydrogen-bond acceptors (Lipinski definition) is 4. The first-order valence-electron chi connectivity index (χ1n) is 9.58. The van der Waals surface area contributed by atoms with Crippen LogP contribution < -0.4 is 10.1 Å². The minimum atomic E-state index is -0.145. The van der Waals surface area contributed by atoms with Gasteiger partial charge in [0, 0.05) is 24.7 Å². The smallest absolute Gasteiger partial charge is 0.258 e. The minimum Gasteiger partial charge on any atom is -0.483 e. The molecule has 28 heavy (non-hydrogen) atoms. The number of nitrogens with zero attached hydrogens (tertiary/aromatic N) is 1. The molecule has 0 bridgehead atoms. The predicted octanol–water partition coefficient (Wildman–Crippen LogP) is 3.53. The van der Waals surface area contributed by atoms with Gasteiger partial charge in [-0.15, -0.1) is 0 Å². The normalized spacial score (nSPS) is 15.8. The maximum atomic E-state index is 12.4. The van der Waals surface area contributed by atoms with Gasteiger partial charge in [-0.1, -0.05) is 48.0 Å². The highest BCUT2D eigenvalue weighted by molar-refractivity contribution is 6.31. The molecule has 1 heterocycles. The Labute approximate surface area is 171 Å². The Morgan fingerprint density at radius 3 is 2.50 bits per heavy atom. The second-order valence-electron chi connectivity index (χ2n) is 7.00. The molecule has 2 aromatic carbocycles. The van der Waals surface area contributed by atoms with Gasteiger partial charge >= 0.3 is 0 Å². The lowest BCUT2D eigenvalue weighted by atomic mass is 10.0. The van der Waals surface area contributed by atoms with Gasteiger partial charge in [0.15, 0.2) is 6.61 Å². The number of hydrogen-bond donors (Lipinski definition) is 1. The number of benzene rings is 2. The molecule has 1 fully saturated rings. The number of para-hydroxylation sites is 1. The third kappa shape index (κ3) is 5.25. The van der Waals surface area contributed by atoms with E-state index in [-0.39, 0.29) is 18.6 Å². The third-order valence-electron chi connectivity index (χ3n) is 5.00. The van der Waals surface area contributed by atoms with Crippen LogP contribution in [0.3, 0.4) is 0 Å². The fourth-order valence-electron chi connectivity index (χ4n) is 3.50. The van der Waals surface area contributed by atoms with Crippen molar-refractivity contribution < 1.29 is 14.3 Å². The summed E-state index contributed by atoms with van der Waals surface area (Å²) in [6.07, 6.45) is 0. The zero-order chi connectivity index (χ0) is 19.9. The summed E-state index contributed by atoms with van der Waals surface area (Å²) >= 11 is 6.43. The van der Waals surface area contributed by atoms with E-state index in [1.807, 2.05) is 56.3 Å². The summed E-state index contributed by atoms with van der Waals surface area (Å²) in [5.74, 6) is 0.626. The molecule has 1 aliphatic heterocycles. The van der Waals surface area contributed by atoms with Crippen LogP contribution in [0.25, 0.3) is 0 Å². The largest absolute Gasteiger partial charge is 0.483 e. The van der Waals surface area contributed by atoms with E-state index >= 15 is 0 Å². The molecule has 5 nitrogen and oxygen atoms in total. The van der Waals surface area contributed by atoms with Crippen molar-refractivity contribution in [2.45, 2.75) is 19.9 Å². The maximum absolute atomic E-state index is 12.4. The SMILES string of the molecule is Cc1cccc(C)c1OCC(=O)NC[C@@H](c1ccccc1Cl)N1CCOCC1. The van der Waals surface area contributed by atoms with Gasteiger partial charge in [-0.3, -0.25) is 9.69 Å². The molecular formula is C22H27ClN2O3. The van der Waals surface area contributed by atoms with Crippen molar-refractivity contribution >= 4 is 17.5 Å². The lowest BCUT2D eigenvalue weighted by Gasteiger charge is -2.35. The highest BCUT2D eigenvalue weighted by Gasteiger charge is 2.25. The Hall–Kier alpha value is -2.08. The average Bonchev–Trinajstić information content (AvgIpc) is 2.70. The van der Waals surface area contributed by atoms with Gasteiger partial charge in [0.25, 0.3) is 5.91 Å². The summed E-state index contributed by atoms with van der Waals surface area (Å²) in [4.78, 5) is 14.7. The second-order valence-corrected chi connectivity index (χ2v) is 7.41. The molecule has 2 aromatic rings. The topological polar surface area (TPSA) is 50.8 Å². The third-order valence-corrected chi connectivity index (χ3v) is 5.34. The molecule has 0 aliphatic carbocycles. The predicted molar refractivity (Wildman–Crippen MR) is 111 cm³/mol. The molecule has 1 saturated heterocycles. The number of nitrogens with one attached hydrogen (secondary N) is 1. The Kier molecular flexibility index (Phi) is 7.31. The van der Waals surface area contributed by atoms with E-state index < -0.39 is 0 Å². The highest BCUT2D eigenvalue weighted by atomic mass is 35.5. The summed E-state index contributed by atoms with van der Waals surface area (Å²) in [5.41, 5.74) is 3.06. The van der Waals surface area contributed by atoms with Crippen molar-refractivity contribution in [2.75, 3.05) is 39.5 Å². The van der Waals surface area contributed by atoms with Crippen LogP contribution in [-0.2, 0) is 9.53 Å². The first-order chi connectivity index (χ1) is 13.6. The molecule has 1 amide bonds. The van der Waals surface area contributed by atoms with Crippen molar-refractivity contribution in [1.82, 2.24) is 10.2 Å². The molecule has 0 spiro atoms. The van der Waals surface area contributed by atoms with Gasteiger partial charge in [-0.2, -0.15) is 0 Å². The summed E-state index contributed by atoms with van der Waals surface area (Å²) in [6, 6.07) is 13.7. The standard InChI is InChI=1S/C22H27ClN2O3/c1-16-6-5-7-17(2)22(16)28-15-21(26)24-14-20(25-10-12-27-13-11-25)18-8-3-4-9-19(18)23/h3-9,20H,10-15H2,1-2H3,(H,24,26)/t20-/m0/s1. The first-order valence-corrected chi connectivity index (χ1v) is 9.96. The monoisotopic (exact) mass is 402 g/mol. The van der Waals surface area contributed by atoms with E-state index in [4.69, 9.17) is 21.1 Å². The number of aryl methyl sites for hydroxylation is 2. The molecule has 150 valence electrons. The maximum Gasteiger partial charge on any atom is 0.258 e. The number of ether oxygens (including phenoxy) is 2. The minimum absolute atomic E-state index is 0.00162. The van der Waals surface area contributed by atoms with Gasteiger partial charge in [0.2, 0.25) is 0 Å². The molecule has 0 aromatic heterocycles. The molecule has 0 saturated carbocycles. The zero-order valence-electron chi connectivity index (χ0n) is 16.4. The van der Waals surface area contributed by atoms with Gasteiger partial charge in [0.05, 0.1) is 19.3 Å². The average molecular weight is 403 g/mol. The van der Waals surface area contributed by atoms with Crippen LogP contribution in [0.1, 0.15) is 22.7 Å². The van der Waals surface area contributed by atoms with Crippen LogP contribution in [0, 0.1) is 13.8 Å². The summed E-state index contributed by atoms with van der Waals surface area (Å²) < 4.78 is 11.2. The molecular weight excluding hydrogens is 376 g/mol. The molecule has 0 radical (unpaired) electrons. The van der Waals surface area contributed by atoms with Gasteiger partial charge < -0.3 is 14.8 Å². The molecule has 1 N–H and O–H groups in total. The van der Waals surface area contributed by atoms with E-state index in [1.54, 1.807) is 0 Å². The van der Waals surface area contributed by atoms with Crippen LogP contribution in [0.15, 0.2) is 42.5 Å². The fraction of sp³-hybridized carbons (Fsp3) is 0.409. The Morgan fingerprint density at radius 1 is 1.14 bits per heavy atom. The fourth-order valence-corrected chi connectivity index (χ4v) is 3.76. The van der Waals surface area contributed by atoms with E-state index in [0.717, 1.165) is 35.5 Å². The van der Waals surface area contributed by atoms with Crippen LogP contribution >= 0.6 is 11.6 Å². The Bertz CT molecular complexity index is 786. The van der Waals surface area contributed by atoms with Crippen LogP contribution in [0.4, 0.5) is 0 Å². The summed E-state index contributed by atoms with van der Waals surface area (Å²) in [7, 11) is 0. The van der Waals surface area contributed by atoms with Crippen molar-refractivity contribution in [3.05, 3.63) is 64.2 Å². The number of amides is 1. The van der Waals surface area contributed by atoms with Crippen molar-refractivity contribution in [3.8, 4) is 5.75 Å². The van der Waals surface area contributed by atoms with Crippen LogP contribution in [0.5, 0.6) is 5.75 Å². The number of morpholine rings is 1. The van der Waals surface area contributed by atoms with Crippen molar-refractivity contribution in [2.24, 2.45) is 0 Å². The summed E-state index contributed by atoms with van der Waals surface area (Å²) in [6.45, 7) is 7.41. The van der Waals surface area contributed by atoms with E-state index in [2.05, 4.69) is 10.2 Å². The lowest BCUT2D eigenvalue weighted by Crippen LogP contribution is -2.44. The quantitative estimate of drug-likeness (QED) is 0.769. The Morgan fingerprint density at radius 2 is 1.82 bits per heavy atom. The van der Waals surface area contributed by atoms with Crippen molar-refractivity contribution in [1.29, 1.82) is 0 Å². The Balaban J connectivity index is 1.63. The first kappa shape index (κ1) is 20.6. The molecule has 3 rings (SSSR count). The highest BCUT2D eigenvalue weighted by Crippen LogP contribution is 2.28. The van der Waals surface area contributed by atoms with E-state index in [1.165, 1.54) is 0 Å². The molecule has 6 heteroatoms. The van der Waals surface area contributed by atoms with Crippen LogP contribution in [-0.4, -0.2) is 50.3 Å².